The largest absolute Gasteiger partial charge is 0.497 e. The molecule has 0 aromatic heterocycles. The molecule has 3 rings (SSSR count). The summed E-state index contributed by atoms with van der Waals surface area (Å²) in [5, 5.41) is 0. The molecule has 2 heterocycles. The van der Waals surface area contributed by atoms with E-state index < -0.39 is 15.8 Å². The Morgan fingerprint density at radius 2 is 2.18 bits per heavy atom. The second-order valence-corrected chi connectivity index (χ2v) is 8.04. The van der Waals surface area contributed by atoms with Gasteiger partial charge in [-0.3, -0.25) is 4.79 Å². The van der Waals surface area contributed by atoms with E-state index in [1.807, 2.05) is 6.92 Å². The van der Waals surface area contributed by atoms with E-state index in [0.29, 0.717) is 30.2 Å². The van der Waals surface area contributed by atoms with Gasteiger partial charge in [-0.1, -0.05) is 0 Å². The maximum atomic E-state index is 12.8. The van der Waals surface area contributed by atoms with Crippen LogP contribution in [-0.4, -0.2) is 45.6 Å². The highest BCUT2D eigenvalue weighted by atomic mass is 32.2. The maximum Gasteiger partial charge on any atom is 0.231 e. The third kappa shape index (κ3) is 2.77. The molecule has 6 nitrogen and oxygen atoms in total. The van der Waals surface area contributed by atoms with Gasteiger partial charge in [0.15, 0.2) is 9.84 Å². The van der Waals surface area contributed by atoms with Crippen molar-refractivity contribution in [3.05, 3.63) is 18.2 Å². The smallest absolute Gasteiger partial charge is 0.231 e. The van der Waals surface area contributed by atoms with Crippen LogP contribution in [0, 0.1) is 5.92 Å². The number of anilines is 1. The molecule has 2 unspecified atom stereocenters. The first-order valence-corrected chi connectivity index (χ1v) is 9.08. The Morgan fingerprint density at radius 1 is 1.41 bits per heavy atom. The summed E-state index contributed by atoms with van der Waals surface area (Å²) < 4.78 is 34.2. The quantitative estimate of drug-likeness (QED) is 0.818. The molecule has 120 valence electrons. The van der Waals surface area contributed by atoms with Gasteiger partial charge >= 0.3 is 0 Å². The number of ether oxygens (including phenoxy) is 2. The first-order valence-electron chi connectivity index (χ1n) is 7.26. The lowest BCUT2D eigenvalue weighted by atomic mass is 10.1. The fourth-order valence-corrected chi connectivity index (χ4v) is 4.70. The molecule has 7 heteroatoms. The summed E-state index contributed by atoms with van der Waals surface area (Å²) in [5.41, 5.74) is 0.645. The molecule has 2 atom stereocenters. The van der Waals surface area contributed by atoms with Crippen LogP contribution >= 0.6 is 0 Å². The summed E-state index contributed by atoms with van der Waals surface area (Å²) in [5.74, 6) is 0.674. The topological polar surface area (TPSA) is 72.9 Å². The van der Waals surface area contributed by atoms with E-state index in [1.54, 1.807) is 30.2 Å². The monoisotopic (exact) mass is 325 g/mol. The van der Waals surface area contributed by atoms with Crippen LogP contribution in [0.4, 0.5) is 5.69 Å². The molecule has 2 aliphatic rings. The van der Waals surface area contributed by atoms with Crippen LogP contribution in [0.25, 0.3) is 0 Å². The van der Waals surface area contributed by atoms with Crippen LogP contribution in [0.15, 0.2) is 18.2 Å². The number of nitrogens with zero attached hydrogens (tertiary/aromatic N) is 1. The Kier molecular flexibility index (Phi) is 3.76. The van der Waals surface area contributed by atoms with Crippen molar-refractivity contribution in [2.75, 3.05) is 30.1 Å². The summed E-state index contributed by atoms with van der Waals surface area (Å²) in [6.07, 6.45) is 0.259. The first kappa shape index (κ1) is 15.1. The summed E-state index contributed by atoms with van der Waals surface area (Å²) in [7, 11) is -1.53. The van der Waals surface area contributed by atoms with Gasteiger partial charge in [-0.2, -0.15) is 0 Å². The molecule has 0 spiro atoms. The molecule has 2 aliphatic heterocycles. The van der Waals surface area contributed by atoms with Crippen molar-refractivity contribution in [1.29, 1.82) is 0 Å². The van der Waals surface area contributed by atoms with Crippen molar-refractivity contribution in [1.82, 2.24) is 0 Å². The summed E-state index contributed by atoms with van der Waals surface area (Å²) >= 11 is 0. The number of carbonyl (C=O) groups excluding carboxylic acids is 1. The van der Waals surface area contributed by atoms with Gasteiger partial charge in [0, 0.05) is 6.07 Å². The average molecular weight is 325 g/mol. The van der Waals surface area contributed by atoms with Gasteiger partial charge in [-0.05, 0) is 25.5 Å². The fraction of sp³-hybridized carbons (Fsp3) is 0.533. The molecule has 1 fully saturated rings. The van der Waals surface area contributed by atoms with Crippen molar-refractivity contribution in [2.24, 2.45) is 5.92 Å². The number of sulfone groups is 1. The number of benzene rings is 1. The van der Waals surface area contributed by atoms with Crippen LogP contribution in [0.3, 0.4) is 0 Å². The van der Waals surface area contributed by atoms with Crippen molar-refractivity contribution in [3.63, 3.8) is 0 Å². The highest BCUT2D eigenvalue weighted by Crippen LogP contribution is 2.38. The summed E-state index contributed by atoms with van der Waals surface area (Å²) in [4.78, 5) is 14.4. The zero-order valence-corrected chi connectivity index (χ0v) is 13.4. The van der Waals surface area contributed by atoms with Crippen LogP contribution in [-0.2, 0) is 14.6 Å². The molecule has 1 saturated heterocycles. The number of amides is 1. The minimum Gasteiger partial charge on any atom is -0.497 e. The molecule has 22 heavy (non-hydrogen) atoms. The highest BCUT2D eigenvalue weighted by Gasteiger charge is 2.38. The Hall–Kier alpha value is -1.76. The van der Waals surface area contributed by atoms with Gasteiger partial charge in [0.25, 0.3) is 0 Å². The second-order valence-electron chi connectivity index (χ2n) is 5.81. The summed E-state index contributed by atoms with van der Waals surface area (Å²) in [6.45, 7) is 2.30. The number of carbonyl (C=O) groups is 1. The van der Waals surface area contributed by atoms with E-state index in [2.05, 4.69) is 0 Å². The number of methoxy groups -OCH3 is 1. The molecule has 0 radical (unpaired) electrons. The first-order chi connectivity index (χ1) is 10.4. The van der Waals surface area contributed by atoms with E-state index in [0.717, 1.165) is 0 Å². The van der Waals surface area contributed by atoms with Crippen LogP contribution < -0.4 is 14.4 Å². The SMILES string of the molecule is COc1ccc2c(c1)N(C(=O)C1CCS(=O)(=O)C1)CC(C)O2. The highest BCUT2D eigenvalue weighted by molar-refractivity contribution is 7.91. The van der Waals surface area contributed by atoms with Gasteiger partial charge in [0.2, 0.25) is 5.91 Å². The van der Waals surface area contributed by atoms with E-state index in [1.165, 1.54) is 0 Å². The molecule has 0 bridgehead atoms. The molecular weight excluding hydrogens is 306 g/mol. The van der Waals surface area contributed by atoms with E-state index >= 15 is 0 Å². The molecule has 1 aromatic carbocycles. The zero-order valence-electron chi connectivity index (χ0n) is 12.6. The zero-order chi connectivity index (χ0) is 15.9. The normalized spacial score (nSPS) is 26.2. The average Bonchev–Trinajstić information content (AvgIpc) is 2.85. The Balaban J connectivity index is 1.92. The third-order valence-electron chi connectivity index (χ3n) is 4.07. The molecule has 0 N–H and O–H groups in total. The van der Waals surface area contributed by atoms with Crippen molar-refractivity contribution < 1.29 is 22.7 Å². The van der Waals surface area contributed by atoms with Crippen molar-refractivity contribution in [2.45, 2.75) is 19.4 Å². The number of hydrogen-bond donors (Lipinski definition) is 0. The van der Waals surface area contributed by atoms with Gasteiger partial charge in [0.05, 0.1) is 36.8 Å². The second kappa shape index (κ2) is 5.46. The molecule has 0 aliphatic carbocycles. The molecule has 1 aromatic rings. The molecular formula is C15H19NO5S. The van der Waals surface area contributed by atoms with Gasteiger partial charge in [0.1, 0.15) is 17.6 Å². The van der Waals surface area contributed by atoms with Crippen LogP contribution in [0.1, 0.15) is 13.3 Å². The van der Waals surface area contributed by atoms with Gasteiger partial charge < -0.3 is 14.4 Å². The lowest BCUT2D eigenvalue weighted by Crippen LogP contribution is -2.45. The molecule has 0 saturated carbocycles. The number of fused-ring (bicyclic) bond motifs is 1. The summed E-state index contributed by atoms with van der Waals surface area (Å²) in [6, 6.07) is 5.30. The van der Waals surface area contributed by atoms with Crippen LogP contribution in [0.5, 0.6) is 11.5 Å². The standard InChI is InChI=1S/C15H19NO5S/c1-10-8-16(15(17)11-5-6-22(18,19)9-11)13-7-12(20-2)3-4-14(13)21-10/h3-4,7,10-11H,5-6,8-9H2,1-2H3. The Bertz CT molecular complexity index is 700. The van der Waals surface area contributed by atoms with Crippen molar-refractivity contribution in [3.8, 4) is 11.5 Å². The van der Waals surface area contributed by atoms with E-state index in [-0.39, 0.29) is 23.5 Å². The van der Waals surface area contributed by atoms with Gasteiger partial charge in [-0.25, -0.2) is 8.42 Å². The molecule has 1 amide bonds. The lowest BCUT2D eigenvalue weighted by molar-refractivity contribution is -0.122. The Morgan fingerprint density at radius 3 is 2.82 bits per heavy atom. The van der Waals surface area contributed by atoms with Gasteiger partial charge in [-0.15, -0.1) is 0 Å². The number of rotatable bonds is 2. The minimum absolute atomic E-state index is 0.0587. The van der Waals surface area contributed by atoms with E-state index in [9.17, 15) is 13.2 Å². The Labute approximate surface area is 129 Å². The van der Waals surface area contributed by atoms with Crippen molar-refractivity contribution >= 4 is 21.4 Å². The third-order valence-corrected chi connectivity index (χ3v) is 5.84. The number of hydrogen-bond acceptors (Lipinski definition) is 5. The predicted octanol–water partition coefficient (Wildman–Crippen LogP) is 1.24. The minimum atomic E-state index is -3.09. The maximum absolute atomic E-state index is 12.8. The predicted molar refractivity (Wildman–Crippen MR) is 82.2 cm³/mol. The lowest BCUT2D eigenvalue weighted by Gasteiger charge is -2.34. The van der Waals surface area contributed by atoms with Crippen LogP contribution in [0.2, 0.25) is 0 Å². The fourth-order valence-electron chi connectivity index (χ4n) is 2.96. The van der Waals surface area contributed by atoms with E-state index in [4.69, 9.17) is 9.47 Å².